The van der Waals surface area contributed by atoms with Crippen LogP contribution in [0.2, 0.25) is 0 Å². The Kier molecular flexibility index (Phi) is 3.00. The van der Waals surface area contributed by atoms with Crippen molar-refractivity contribution in [2.45, 2.75) is 70.9 Å². The van der Waals surface area contributed by atoms with Crippen molar-refractivity contribution in [2.24, 2.45) is 10.8 Å². The van der Waals surface area contributed by atoms with Crippen molar-refractivity contribution in [3.05, 3.63) is 0 Å². The van der Waals surface area contributed by atoms with Gasteiger partial charge in [-0.2, -0.15) is 13.2 Å². The molecule has 2 aliphatic carbocycles. The van der Waals surface area contributed by atoms with Gasteiger partial charge in [0.2, 0.25) is 0 Å². The lowest BCUT2D eigenvalue weighted by molar-refractivity contribution is -0.220. The minimum atomic E-state index is -3.96. The largest absolute Gasteiger partial charge is 0.394 e. The predicted octanol–water partition coefficient (Wildman–Crippen LogP) is 5.08. The van der Waals surface area contributed by atoms with Crippen molar-refractivity contribution in [1.82, 2.24) is 0 Å². The van der Waals surface area contributed by atoms with Crippen LogP contribution in [-0.2, 0) is 0 Å². The minimum Gasteiger partial charge on any atom is -0.171 e. The molecule has 2 bridgehead atoms. The Labute approximate surface area is 95.6 Å². The molecule has 2 rings (SSSR count). The molecule has 0 amide bonds. The van der Waals surface area contributed by atoms with Gasteiger partial charge in [-0.3, -0.25) is 0 Å². The topological polar surface area (TPSA) is 0 Å². The number of unbranched alkanes of at least 4 members (excludes halogenated alkanes) is 2. The fourth-order valence-corrected chi connectivity index (χ4v) is 3.80. The number of fused-ring (bicyclic) bond motifs is 2. The van der Waals surface area contributed by atoms with Crippen LogP contribution in [0.4, 0.5) is 13.2 Å². The van der Waals surface area contributed by atoms with Crippen molar-refractivity contribution in [2.75, 3.05) is 0 Å². The molecule has 0 radical (unpaired) electrons. The summed E-state index contributed by atoms with van der Waals surface area (Å²) in [6.45, 7) is 2.14. The smallest absolute Gasteiger partial charge is 0.171 e. The van der Waals surface area contributed by atoms with Crippen LogP contribution in [0.3, 0.4) is 0 Å². The summed E-state index contributed by atoms with van der Waals surface area (Å²) in [5.41, 5.74) is -1.23. The van der Waals surface area contributed by atoms with Crippen LogP contribution in [0.15, 0.2) is 0 Å². The molecule has 0 aromatic rings. The van der Waals surface area contributed by atoms with E-state index in [2.05, 4.69) is 6.92 Å². The summed E-state index contributed by atoms with van der Waals surface area (Å²) < 4.78 is 39.0. The molecule has 16 heavy (non-hydrogen) atoms. The quantitative estimate of drug-likeness (QED) is 0.595. The molecule has 2 fully saturated rings. The van der Waals surface area contributed by atoms with E-state index in [1.165, 1.54) is 6.42 Å². The standard InChI is InChI=1S/C13H21F3/c1-2-3-4-5-11-6-8-12(10-11,9-7-11)13(14,15)16/h2-10H2,1H3. The second-order valence-corrected chi connectivity index (χ2v) is 5.91. The first-order valence-corrected chi connectivity index (χ1v) is 6.50. The average Bonchev–Trinajstić information content (AvgIpc) is 2.74. The average molecular weight is 234 g/mol. The lowest BCUT2D eigenvalue weighted by atomic mass is 9.79. The molecule has 0 unspecified atom stereocenters. The third kappa shape index (κ3) is 1.86. The van der Waals surface area contributed by atoms with E-state index in [1.807, 2.05) is 0 Å². The Morgan fingerprint density at radius 1 is 1.00 bits per heavy atom. The second kappa shape index (κ2) is 3.92. The fourth-order valence-electron chi connectivity index (χ4n) is 3.80. The molecule has 0 saturated heterocycles. The Morgan fingerprint density at radius 3 is 2.06 bits per heavy atom. The highest BCUT2D eigenvalue weighted by Crippen LogP contribution is 2.68. The van der Waals surface area contributed by atoms with Crippen molar-refractivity contribution in [1.29, 1.82) is 0 Å². The van der Waals surface area contributed by atoms with E-state index < -0.39 is 11.6 Å². The van der Waals surface area contributed by atoms with Gasteiger partial charge in [-0.05, 0) is 43.9 Å². The molecule has 0 heterocycles. The zero-order valence-corrected chi connectivity index (χ0v) is 10.00. The lowest BCUT2D eigenvalue weighted by Crippen LogP contribution is -2.33. The number of halogens is 3. The molecule has 94 valence electrons. The van der Waals surface area contributed by atoms with E-state index in [0.717, 1.165) is 32.1 Å². The lowest BCUT2D eigenvalue weighted by Gasteiger charge is -2.29. The highest BCUT2D eigenvalue weighted by molar-refractivity contribution is 5.07. The first-order chi connectivity index (χ1) is 7.43. The Hall–Kier alpha value is -0.210. The van der Waals surface area contributed by atoms with Crippen LogP contribution < -0.4 is 0 Å². The molecule has 2 saturated carbocycles. The number of alkyl halides is 3. The molecular weight excluding hydrogens is 213 g/mol. The van der Waals surface area contributed by atoms with Gasteiger partial charge in [-0.1, -0.05) is 26.2 Å². The van der Waals surface area contributed by atoms with Gasteiger partial charge in [-0.15, -0.1) is 0 Å². The molecular formula is C13H21F3. The zero-order chi connectivity index (χ0) is 11.9. The zero-order valence-electron chi connectivity index (χ0n) is 10.00. The van der Waals surface area contributed by atoms with Gasteiger partial charge in [0.15, 0.2) is 0 Å². The molecule has 0 aliphatic heterocycles. The molecule has 0 nitrogen and oxygen atoms in total. The Balaban J connectivity index is 1.98. The maximum absolute atomic E-state index is 13.0. The van der Waals surface area contributed by atoms with Gasteiger partial charge in [0, 0.05) is 0 Å². The maximum atomic E-state index is 13.0. The number of hydrogen-bond acceptors (Lipinski definition) is 0. The van der Waals surface area contributed by atoms with Gasteiger partial charge < -0.3 is 0 Å². The van der Waals surface area contributed by atoms with E-state index in [9.17, 15) is 13.2 Å². The van der Waals surface area contributed by atoms with Crippen LogP contribution in [-0.4, -0.2) is 6.18 Å². The monoisotopic (exact) mass is 234 g/mol. The van der Waals surface area contributed by atoms with Crippen LogP contribution >= 0.6 is 0 Å². The molecule has 0 N–H and O–H groups in total. The Morgan fingerprint density at radius 2 is 1.62 bits per heavy atom. The summed E-state index contributed by atoms with van der Waals surface area (Å²) in [6, 6.07) is 0. The predicted molar refractivity (Wildman–Crippen MR) is 58.1 cm³/mol. The van der Waals surface area contributed by atoms with E-state index in [-0.39, 0.29) is 5.41 Å². The Bertz CT molecular complexity index is 246. The van der Waals surface area contributed by atoms with Crippen LogP contribution in [0, 0.1) is 10.8 Å². The highest BCUT2D eigenvalue weighted by atomic mass is 19.4. The highest BCUT2D eigenvalue weighted by Gasteiger charge is 2.65. The van der Waals surface area contributed by atoms with Crippen molar-refractivity contribution < 1.29 is 13.2 Å². The van der Waals surface area contributed by atoms with Crippen LogP contribution in [0.5, 0.6) is 0 Å². The van der Waals surface area contributed by atoms with Gasteiger partial charge in [-0.25, -0.2) is 0 Å². The van der Waals surface area contributed by atoms with E-state index >= 15 is 0 Å². The summed E-state index contributed by atoms with van der Waals surface area (Å²) in [7, 11) is 0. The van der Waals surface area contributed by atoms with Gasteiger partial charge in [0.1, 0.15) is 0 Å². The molecule has 0 aromatic carbocycles. The first-order valence-electron chi connectivity index (χ1n) is 6.50. The number of hydrogen-bond donors (Lipinski definition) is 0. The summed E-state index contributed by atoms with van der Waals surface area (Å²) in [5.74, 6) is 0. The summed E-state index contributed by atoms with van der Waals surface area (Å²) in [6.07, 6.45) is 3.34. The fraction of sp³-hybridized carbons (Fsp3) is 1.00. The molecule has 2 aliphatic rings. The summed E-state index contributed by atoms with van der Waals surface area (Å²) >= 11 is 0. The normalized spacial score (nSPS) is 38.2. The second-order valence-electron chi connectivity index (χ2n) is 5.91. The molecule has 0 aromatic heterocycles. The van der Waals surface area contributed by atoms with Gasteiger partial charge in [0.05, 0.1) is 5.41 Å². The molecule has 0 spiro atoms. The number of rotatable bonds is 4. The van der Waals surface area contributed by atoms with Crippen LogP contribution in [0.1, 0.15) is 64.7 Å². The van der Waals surface area contributed by atoms with Crippen LogP contribution in [0.25, 0.3) is 0 Å². The third-order valence-corrected chi connectivity index (χ3v) is 4.89. The van der Waals surface area contributed by atoms with Crippen molar-refractivity contribution in [3.8, 4) is 0 Å². The summed E-state index contributed by atoms with van der Waals surface area (Å²) in [5, 5.41) is 0. The van der Waals surface area contributed by atoms with Gasteiger partial charge >= 0.3 is 6.18 Å². The first kappa shape index (κ1) is 12.3. The van der Waals surface area contributed by atoms with E-state index in [1.54, 1.807) is 0 Å². The molecule has 3 heteroatoms. The third-order valence-electron chi connectivity index (χ3n) is 4.89. The molecule has 0 atom stereocenters. The maximum Gasteiger partial charge on any atom is 0.394 e. The van der Waals surface area contributed by atoms with E-state index in [4.69, 9.17) is 0 Å². The van der Waals surface area contributed by atoms with Crippen molar-refractivity contribution in [3.63, 3.8) is 0 Å². The summed E-state index contributed by atoms with van der Waals surface area (Å²) in [4.78, 5) is 0. The van der Waals surface area contributed by atoms with Gasteiger partial charge in [0.25, 0.3) is 0 Å². The van der Waals surface area contributed by atoms with E-state index in [0.29, 0.717) is 19.3 Å². The van der Waals surface area contributed by atoms with Crippen molar-refractivity contribution >= 4 is 0 Å². The SMILES string of the molecule is CCCCCC12CCC(C(F)(F)F)(CC1)C2. The minimum absolute atomic E-state index is 0.0602.